The normalized spacial score (nSPS) is 15.1. The number of halogens is 3. The van der Waals surface area contributed by atoms with Crippen LogP contribution in [0.1, 0.15) is 23.2 Å². The zero-order valence-electron chi connectivity index (χ0n) is 9.39. The van der Waals surface area contributed by atoms with Crippen LogP contribution < -0.4 is 4.90 Å². The minimum absolute atomic E-state index is 0.371. The second-order valence-electron chi connectivity index (χ2n) is 3.98. The van der Waals surface area contributed by atoms with Gasteiger partial charge in [0.1, 0.15) is 5.56 Å². The Morgan fingerprint density at radius 2 is 2.00 bits per heavy atom. The molecular formula is C10H8F3N3O3. The molecule has 6 nitrogen and oxygen atoms in total. The summed E-state index contributed by atoms with van der Waals surface area (Å²) in [5.41, 5.74) is -0.487. The maximum atomic E-state index is 12.5. The van der Waals surface area contributed by atoms with Crippen molar-refractivity contribution >= 4 is 17.7 Å². The molecule has 1 N–H and O–H groups in total. The van der Waals surface area contributed by atoms with Gasteiger partial charge in [0.2, 0.25) is 0 Å². The molecule has 0 saturated heterocycles. The number of alkyl halides is 3. The average molecular weight is 275 g/mol. The molecule has 0 radical (unpaired) electrons. The van der Waals surface area contributed by atoms with Crippen LogP contribution in [0.2, 0.25) is 0 Å². The number of carboxylic acids is 1. The summed E-state index contributed by atoms with van der Waals surface area (Å²) in [7, 11) is 0. The van der Waals surface area contributed by atoms with Gasteiger partial charge >= 0.3 is 18.1 Å². The van der Waals surface area contributed by atoms with E-state index in [-0.39, 0.29) is 0 Å². The van der Waals surface area contributed by atoms with Crippen molar-refractivity contribution in [3.8, 4) is 0 Å². The molecule has 1 aliphatic carbocycles. The summed E-state index contributed by atoms with van der Waals surface area (Å²) in [4.78, 5) is 22.7. The van der Waals surface area contributed by atoms with Gasteiger partial charge < -0.3 is 5.11 Å². The zero-order chi connectivity index (χ0) is 14.2. The van der Waals surface area contributed by atoms with Gasteiger partial charge in [-0.1, -0.05) is 0 Å². The number of carbonyl (C=O) groups excluding carboxylic acids is 1. The highest BCUT2D eigenvalue weighted by Crippen LogP contribution is 2.35. The van der Waals surface area contributed by atoms with E-state index in [9.17, 15) is 22.8 Å². The quantitative estimate of drug-likeness (QED) is 0.897. The van der Waals surface area contributed by atoms with Crippen molar-refractivity contribution in [3.63, 3.8) is 0 Å². The van der Waals surface area contributed by atoms with Gasteiger partial charge in [-0.2, -0.15) is 18.3 Å². The molecule has 0 bridgehead atoms. The lowest BCUT2D eigenvalue weighted by Crippen LogP contribution is -2.44. The van der Waals surface area contributed by atoms with Crippen molar-refractivity contribution in [1.29, 1.82) is 0 Å². The van der Waals surface area contributed by atoms with Crippen LogP contribution in [0.5, 0.6) is 0 Å². The van der Waals surface area contributed by atoms with Crippen LogP contribution in [0, 0.1) is 0 Å². The fourth-order valence-corrected chi connectivity index (χ4v) is 1.57. The predicted octanol–water partition coefficient (Wildman–Crippen LogP) is 1.23. The highest BCUT2D eigenvalue weighted by atomic mass is 19.4. The maximum Gasteiger partial charge on any atom is 0.471 e. The lowest BCUT2D eigenvalue weighted by molar-refractivity contribution is -0.170. The number of anilines is 1. The molecule has 9 heteroatoms. The van der Waals surface area contributed by atoms with Gasteiger partial charge in [0.05, 0.1) is 6.20 Å². The van der Waals surface area contributed by atoms with Crippen LogP contribution in [-0.2, 0) is 4.79 Å². The van der Waals surface area contributed by atoms with Crippen molar-refractivity contribution in [3.05, 3.63) is 17.8 Å². The van der Waals surface area contributed by atoms with Crippen LogP contribution in [0.25, 0.3) is 0 Å². The molecular weight excluding hydrogens is 267 g/mol. The first-order valence-corrected chi connectivity index (χ1v) is 5.27. The van der Waals surface area contributed by atoms with Crippen LogP contribution in [0.3, 0.4) is 0 Å². The third kappa shape index (κ3) is 2.64. The monoisotopic (exact) mass is 275 g/mol. The van der Waals surface area contributed by atoms with E-state index in [2.05, 4.69) is 10.2 Å². The fourth-order valence-electron chi connectivity index (χ4n) is 1.57. The average Bonchev–Trinajstić information content (AvgIpc) is 3.13. The molecule has 0 unspecified atom stereocenters. The minimum Gasteiger partial charge on any atom is -0.478 e. The van der Waals surface area contributed by atoms with Gasteiger partial charge in [0, 0.05) is 6.04 Å². The minimum atomic E-state index is -5.09. The summed E-state index contributed by atoms with van der Waals surface area (Å²) < 4.78 is 37.6. The standard InChI is InChI=1S/C10H8F3N3O3/c11-10(12,13)9(19)16(5-1-2-5)7-6(8(17)18)3-4-14-15-7/h3-5H,1-2H2,(H,17,18). The lowest BCUT2D eigenvalue weighted by atomic mass is 10.2. The molecule has 1 fully saturated rings. The Morgan fingerprint density at radius 3 is 2.47 bits per heavy atom. The van der Waals surface area contributed by atoms with E-state index in [4.69, 9.17) is 5.11 Å². The first-order chi connectivity index (χ1) is 8.82. The van der Waals surface area contributed by atoms with Crippen molar-refractivity contribution in [1.82, 2.24) is 10.2 Å². The summed E-state index contributed by atoms with van der Waals surface area (Å²) in [6.45, 7) is 0. The third-order valence-electron chi connectivity index (χ3n) is 2.53. The molecule has 1 heterocycles. The Morgan fingerprint density at radius 1 is 1.37 bits per heavy atom. The number of amides is 1. The van der Waals surface area contributed by atoms with Crippen LogP contribution >= 0.6 is 0 Å². The largest absolute Gasteiger partial charge is 0.478 e. The Balaban J connectivity index is 2.46. The predicted molar refractivity (Wildman–Crippen MR) is 55.6 cm³/mol. The number of nitrogens with zero attached hydrogens (tertiary/aromatic N) is 3. The first kappa shape index (κ1) is 13.2. The van der Waals surface area contributed by atoms with Gasteiger partial charge in [-0.15, -0.1) is 5.10 Å². The van der Waals surface area contributed by atoms with Crippen LogP contribution in [0.4, 0.5) is 19.0 Å². The van der Waals surface area contributed by atoms with Crippen LogP contribution in [-0.4, -0.2) is 39.4 Å². The fraction of sp³-hybridized carbons (Fsp3) is 0.400. The number of carbonyl (C=O) groups is 2. The van der Waals surface area contributed by atoms with E-state index in [0.29, 0.717) is 17.7 Å². The molecule has 0 aromatic carbocycles. The molecule has 1 saturated carbocycles. The highest BCUT2D eigenvalue weighted by molar-refractivity contribution is 6.03. The van der Waals surface area contributed by atoms with E-state index < -0.39 is 35.5 Å². The van der Waals surface area contributed by atoms with Crippen molar-refractivity contribution in [2.75, 3.05) is 4.90 Å². The number of carboxylic acid groups (broad SMARTS) is 1. The van der Waals surface area contributed by atoms with Gasteiger partial charge in [-0.05, 0) is 18.9 Å². The lowest BCUT2D eigenvalue weighted by Gasteiger charge is -2.23. The number of aromatic carboxylic acids is 1. The van der Waals surface area contributed by atoms with E-state index in [1.165, 1.54) is 0 Å². The Bertz CT molecular complexity index is 528. The maximum absolute atomic E-state index is 12.5. The molecule has 102 valence electrons. The summed E-state index contributed by atoms with van der Waals surface area (Å²) in [6, 6.07) is 0.327. The van der Waals surface area contributed by atoms with Gasteiger partial charge in [0.15, 0.2) is 5.82 Å². The Hall–Kier alpha value is -2.19. The van der Waals surface area contributed by atoms with Gasteiger partial charge in [0.25, 0.3) is 0 Å². The summed E-state index contributed by atoms with van der Waals surface area (Å²) in [5, 5.41) is 15.6. The zero-order valence-corrected chi connectivity index (χ0v) is 9.39. The van der Waals surface area contributed by atoms with Crippen molar-refractivity contribution < 1.29 is 27.9 Å². The molecule has 0 aliphatic heterocycles. The van der Waals surface area contributed by atoms with Crippen LogP contribution in [0.15, 0.2) is 12.3 Å². The molecule has 1 aliphatic rings. The van der Waals surface area contributed by atoms with E-state index in [1.54, 1.807) is 0 Å². The molecule has 2 rings (SSSR count). The smallest absolute Gasteiger partial charge is 0.471 e. The van der Waals surface area contributed by atoms with Gasteiger partial charge in [-0.3, -0.25) is 9.69 Å². The molecule has 1 aromatic rings. The first-order valence-electron chi connectivity index (χ1n) is 5.27. The number of rotatable bonds is 3. The molecule has 1 amide bonds. The second-order valence-corrected chi connectivity index (χ2v) is 3.98. The molecule has 0 spiro atoms. The Kier molecular flexibility index (Phi) is 3.13. The van der Waals surface area contributed by atoms with Crippen molar-refractivity contribution in [2.45, 2.75) is 25.1 Å². The SMILES string of the molecule is O=C(O)c1ccnnc1N(C(=O)C(F)(F)F)C1CC1. The summed E-state index contributed by atoms with van der Waals surface area (Å²) >= 11 is 0. The van der Waals surface area contributed by atoms with Crippen molar-refractivity contribution in [2.24, 2.45) is 0 Å². The number of hydrogen-bond acceptors (Lipinski definition) is 4. The molecule has 0 atom stereocenters. The molecule has 19 heavy (non-hydrogen) atoms. The number of aromatic nitrogens is 2. The summed E-state index contributed by atoms with van der Waals surface area (Å²) in [5.74, 6) is -4.16. The van der Waals surface area contributed by atoms with Gasteiger partial charge in [-0.25, -0.2) is 4.79 Å². The van der Waals surface area contributed by atoms with E-state index in [0.717, 1.165) is 12.3 Å². The topological polar surface area (TPSA) is 83.4 Å². The Labute approximate surface area is 104 Å². The third-order valence-corrected chi connectivity index (χ3v) is 2.53. The number of hydrogen-bond donors (Lipinski definition) is 1. The molecule has 1 aromatic heterocycles. The highest BCUT2D eigenvalue weighted by Gasteiger charge is 2.49. The summed E-state index contributed by atoms with van der Waals surface area (Å²) in [6.07, 6.45) is -3.30. The van der Waals surface area contributed by atoms with E-state index >= 15 is 0 Å². The van der Waals surface area contributed by atoms with E-state index in [1.807, 2.05) is 0 Å². The second kappa shape index (κ2) is 4.48.